The van der Waals surface area contributed by atoms with Crippen molar-refractivity contribution in [3.8, 4) is 0 Å². The van der Waals surface area contributed by atoms with E-state index in [1.807, 2.05) is 17.6 Å². The summed E-state index contributed by atoms with van der Waals surface area (Å²) < 4.78 is 6.67. The lowest BCUT2D eigenvalue weighted by atomic mass is 10.2. The molecule has 0 N–H and O–H groups in total. The van der Waals surface area contributed by atoms with Crippen LogP contribution in [0.25, 0.3) is 5.65 Å². The Balaban J connectivity index is 2.67. The Hall–Kier alpha value is -1.56. The summed E-state index contributed by atoms with van der Waals surface area (Å²) in [4.78, 5) is 11.5. The van der Waals surface area contributed by atoms with Crippen molar-refractivity contribution in [3.63, 3.8) is 0 Å². The number of hydrogen-bond donors (Lipinski definition) is 0. The summed E-state index contributed by atoms with van der Waals surface area (Å²) in [7, 11) is 1.37. The van der Waals surface area contributed by atoms with Gasteiger partial charge in [-0.25, -0.2) is 4.79 Å². The number of nitrogens with zero attached hydrogens (tertiary/aromatic N) is 3. The summed E-state index contributed by atoms with van der Waals surface area (Å²) in [6.07, 6.45) is 2.75. The van der Waals surface area contributed by atoms with Crippen LogP contribution in [0.2, 0.25) is 0 Å². The van der Waals surface area contributed by atoms with E-state index >= 15 is 0 Å². The van der Waals surface area contributed by atoms with E-state index in [9.17, 15) is 4.79 Å². The average molecular weight is 251 g/mol. The molecule has 0 spiro atoms. The molecule has 0 saturated heterocycles. The Labute approximate surface area is 103 Å². The van der Waals surface area contributed by atoms with Crippen molar-refractivity contribution in [2.75, 3.05) is 13.4 Å². The number of carbonyl (C=O) groups is 1. The summed E-state index contributed by atoms with van der Waals surface area (Å²) in [5.74, 6) is 0.532. The molecule has 0 aliphatic carbocycles. The quantitative estimate of drug-likeness (QED) is 0.615. The Morgan fingerprint density at radius 3 is 2.82 bits per heavy atom. The largest absolute Gasteiger partial charge is 0.465 e. The number of ether oxygens (including phenoxy) is 1. The molecule has 0 saturated carbocycles. The number of methoxy groups -OCH3 is 1. The Bertz CT molecular complexity index is 565. The van der Waals surface area contributed by atoms with Gasteiger partial charge >= 0.3 is 5.97 Å². The minimum absolute atomic E-state index is 0.358. The standard InChI is InChI=1S/C11H13N3O2S/c1-4-8-12-13-9-5-7(11(15)16-2)6-10(17-3)14(8)9/h5-6H,4H2,1-3H3. The molecule has 0 atom stereocenters. The van der Waals surface area contributed by atoms with Gasteiger partial charge in [-0.3, -0.25) is 4.40 Å². The highest BCUT2D eigenvalue weighted by Gasteiger charge is 2.13. The van der Waals surface area contributed by atoms with Crippen molar-refractivity contribution in [2.24, 2.45) is 0 Å². The van der Waals surface area contributed by atoms with Crippen molar-refractivity contribution in [3.05, 3.63) is 23.5 Å². The number of aryl methyl sites for hydroxylation is 1. The first kappa shape index (κ1) is 11.9. The topological polar surface area (TPSA) is 56.5 Å². The first-order valence-corrected chi connectivity index (χ1v) is 6.44. The van der Waals surface area contributed by atoms with Gasteiger partial charge in [0, 0.05) is 6.42 Å². The fourth-order valence-electron chi connectivity index (χ4n) is 1.66. The SMILES string of the molecule is CCc1nnc2cc(C(=O)OC)cc(SC)n12. The molecule has 2 rings (SSSR count). The van der Waals surface area contributed by atoms with Crippen LogP contribution in [0.1, 0.15) is 23.1 Å². The summed E-state index contributed by atoms with van der Waals surface area (Å²) in [5.41, 5.74) is 1.17. The summed E-state index contributed by atoms with van der Waals surface area (Å²) in [6.45, 7) is 2.02. The number of fused-ring (bicyclic) bond motifs is 1. The molecule has 2 heterocycles. The van der Waals surface area contributed by atoms with E-state index in [2.05, 4.69) is 10.2 Å². The molecule has 0 aliphatic heterocycles. The van der Waals surface area contributed by atoms with E-state index in [4.69, 9.17) is 4.74 Å². The van der Waals surface area contributed by atoms with Crippen LogP contribution >= 0.6 is 11.8 Å². The molecule has 17 heavy (non-hydrogen) atoms. The zero-order valence-electron chi connectivity index (χ0n) is 9.93. The molecule has 6 heteroatoms. The van der Waals surface area contributed by atoms with Crippen LogP contribution in [0.5, 0.6) is 0 Å². The monoisotopic (exact) mass is 251 g/mol. The molecule has 0 bridgehead atoms. The molecule has 5 nitrogen and oxygen atoms in total. The highest BCUT2D eigenvalue weighted by atomic mass is 32.2. The van der Waals surface area contributed by atoms with Crippen molar-refractivity contribution in [2.45, 2.75) is 18.4 Å². The molecule has 0 fully saturated rings. The number of rotatable bonds is 3. The van der Waals surface area contributed by atoms with E-state index < -0.39 is 0 Å². The van der Waals surface area contributed by atoms with Crippen LogP contribution in [0.4, 0.5) is 0 Å². The molecule has 0 radical (unpaired) electrons. The number of pyridine rings is 1. The van der Waals surface area contributed by atoms with Crippen LogP contribution in [0.3, 0.4) is 0 Å². The second-order valence-corrected chi connectivity index (χ2v) is 4.27. The predicted molar refractivity (Wildman–Crippen MR) is 65.5 cm³/mol. The molecular formula is C11H13N3O2S. The third-order valence-corrected chi connectivity index (χ3v) is 3.20. The zero-order valence-corrected chi connectivity index (χ0v) is 10.7. The number of esters is 1. The zero-order chi connectivity index (χ0) is 12.4. The minimum Gasteiger partial charge on any atom is -0.465 e. The van der Waals surface area contributed by atoms with Gasteiger partial charge in [0.25, 0.3) is 0 Å². The van der Waals surface area contributed by atoms with Gasteiger partial charge in [0.2, 0.25) is 0 Å². The number of carbonyl (C=O) groups excluding carboxylic acids is 1. The van der Waals surface area contributed by atoms with Crippen LogP contribution < -0.4 is 0 Å². The number of thioether (sulfide) groups is 1. The molecule has 0 aliphatic rings. The van der Waals surface area contributed by atoms with E-state index in [1.165, 1.54) is 7.11 Å². The minimum atomic E-state index is -0.358. The molecule has 0 aromatic carbocycles. The average Bonchev–Trinajstić information content (AvgIpc) is 2.79. The van der Waals surface area contributed by atoms with Gasteiger partial charge in [-0.2, -0.15) is 0 Å². The van der Waals surface area contributed by atoms with Crippen LogP contribution in [-0.4, -0.2) is 33.9 Å². The van der Waals surface area contributed by atoms with Gasteiger partial charge in [0.05, 0.1) is 17.7 Å². The first-order chi connectivity index (χ1) is 8.21. The smallest absolute Gasteiger partial charge is 0.338 e. The van der Waals surface area contributed by atoms with Crippen molar-refractivity contribution in [1.82, 2.24) is 14.6 Å². The maximum Gasteiger partial charge on any atom is 0.338 e. The summed E-state index contributed by atoms with van der Waals surface area (Å²) in [5, 5.41) is 9.10. The molecular weight excluding hydrogens is 238 g/mol. The maximum atomic E-state index is 11.5. The lowest BCUT2D eigenvalue weighted by molar-refractivity contribution is 0.0600. The first-order valence-electron chi connectivity index (χ1n) is 5.21. The van der Waals surface area contributed by atoms with E-state index in [1.54, 1.807) is 23.9 Å². The van der Waals surface area contributed by atoms with Gasteiger partial charge in [0.15, 0.2) is 5.65 Å². The fourth-order valence-corrected chi connectivity index (χ4v) is 2.28. The Morgan fingerprint density at radius 2 is 2.24 bits per heavy atom. The highest BCUT2D eigenvalue weighted by molar-refractivity contribution is 7.98. The van der Waals surface area contributed by atoms with E-state index in [0.29, 0.717) is 11.2 Å². The third-order valence-electron chi connectivity index (χ3n) is 2.49. The van der Waals surface area contributed by atoms with Crippen LogP contribution in [0.15, 0.2) is 17.2 Å². The second kappa shape index (κ2) is 4.75. The molecule has 90 valence electrons. The lowest BCUT2D eigenvalue weighted by Gasteiger charge is -2.06. The molecule has 2 aromatic heterocycles. The van der Waals surface area contributed by atoms with Gasteiger partial charge in [-0.1, -0.05) is 6.92 Å². The number of aromatic nitrogens is 3. The van der Waals surface area contributed by atoms with Crippen molar-refractivity contribution < 1.29 is 9.53 Å². The van der Waals surface area contributed by atoms with Gasteiger partial charge in [0.1, 0.15) is 5.82 Å². The van der Waals surface area contributed by atoms with Crippen molar-refractivity contribution in [1.29, 1.82) is 0 Å². The summed E-state index contributed by atoms with van der Waals surface area (Å²) in [6, 6.07) is 3.49. The predicted octanol–water partition coefficient (Wildman–Crippen LogP) is 1.80. The molecule has 2 aromatic rings. The number of hydrogen-bond acceptors (Lipinski definition) is 5. The molecule has 0 unspecified atom stereocenters. The van der Waals surface area contributed by atoms with Gasteiger partial charge < -0.3 is 4.74 Å². The fraction of sp³-hybridized carbons (Fsp3) is 0.364. The second-order valence-electron chi connectivity index (χ2n) is 3.44. The Morgan fingerprint density at radius 1 is 1.47 bits per heavy atom. The van der Waals surface area contributed by atoms with Gasteiger partial charge in [-0.05, 0) is 18.4 Å². The van der Waals surface area contributed by atoms with Crippen LogP contribution in [0, 0.1) is 0 Å². The maximum absolute atomic E-state index is 11.5. The van der Waals surface area contributed by atoms with Crippen molar-refractivity contribution >= 4 is 23.4 Å². The highest BCUT2D eigenvalue weighted by Crippen LogP contribution is 2.21. The molecule has 0 amide bonds. The van der Waals surface area contributed by atoms with Crippen LogP contribution in [-0.2, 0) is 11.2 Å². The van der Waals surface area contributed by atoms with E-state index in [0.717, 1.165) is 17.3 Å². The van der Waals surface area contributed by atoms with Gasteiger partial charge in [-0.15, -0.1) is 22.0 Å². The Kier molecular flexibility index (Phi) is 3.33. The summed E-state index contributed by atoms with van der Waals surface area (Å²) >= 11 is 1.55. The lowest BCUT2D eigenvalue weighted by Crippen LogP contribution is -2.04. The van der Waals surface area contributed by atoms with E-state index in [-0.39, 0.29) is 5.97 Å². The normalized spacial score (nSPS) is 10.8. The third kappa shape index (κ3) is 2.00.